The molecule has 0 spiro atoms. The first-order chi connectivity index (χ1) is 8.40. The van der Waals surface area contributed by atoms with Crippen molar-refractivity contribution in [1.29, 1.82) is 0 Å². The number of nitro benzene ring substituents is 1. The summed E-state index contributed by atoms with van der Waals surface area (Å²) in [6, 6.07) is 4.42. The number of carbonyl (C=O) groups is 1. The van der Waals surface area contributed by atoms with Gasteiger partial charge < -0.3 is 10.1 Å². The molecule has 0 aliphatic carbocycles. The molecule has 1 aromatic carbocycles. The molecule has 0 aromatic heterocycles. The normalized spacial score (nSPS) is 10.4. The maximum absolute atomic E-state index is 11.5. The Labute approximate surface area is 113 Å². The molecule has 1 rings (SSSR count). The number of nitrogens with zero attached hydrogens (tertiary/aromatic N) is 1. The highest BCUT2D eigenvalue weighted by Crippen LogP contribution is 2.27. The smallest absolute Gasteiger partial charge is 0.293 e. The first-order valence-electron chi connectivity index (χ1n) is 5.25. The lowest BCUT2D eigenvalue weighted by atomic mass is 10.2. The Morgan fingerprint density at radius 2 is 2.22 bits per heavy atom. The number of rotatable bonds is 5. The van der Waals surface area contributed by atoms with Crippen molar-refractivity contribution in [2.45, 2.75) is 20.0 Å². The van der Waals surface area contributed by atoms with Crippen LogP contribution in [-0.2, 0) is 9.53 Å². The number of hydrogen-bond donors (Lipinski definition) is 1. The van der Waals surface area contributed by atoms with Crippen LogP contribution >= 0.6 is 15.9 Å². The van der Waals surface area contributed by atoms with Gasteiger partial charge in [0.15, 0.2) is 0 Å². The summed E-state index contributed by atoms with van der Waals surface area (Å²) < 4.78 is 5.68. The van der Waals surface area contributed by atoms with Crippen LogP contribution in [-0.4, -0.2) is 23.5 Å². The highest BCUT2D eigenvalue weighted by molar-refractivity contribution is 9.10. The van der Waals surface area contributed by atoms with Crippen LogP contribution in [0.5, 0.6) is 0 Å². The lowest BCUT2D eigenvalue weighted by Crippen LogP contribution is -2.21. The number of carbonyl (C=O) groups excluding carboxylic acids is 1. The van der Waals surface area contributed by atoms with Crippen LogP contribution in [0.4, 0.5) is 11.4 Å². The third kappa shape index (κ3) is 4.42. The molecule has 7 heteroatoms. The van der Waals surface area contributed by atoms with Gasteiger partial charge in [0, 0.05) is 10.5 Å². The molecule has 0 aliphatic rings. The van der Waals surface area contributed by atoms with E-state index < -0.39 is 10.8 Å². The predicted molar refractivity (Wildman–Crippen MR) is 70.5 cm³/mol. The van der Waals surface area contributed by atoms with E-state index in [0.717, 1.165) is 0 Å². The van der Waals surface area contributed by atoms with Gasteiger partial charge in [0.05, 0.1) is 11.0 Å². The van der Waals surface area contributed by atoms with Crippen molar-refractivity contribution in [2.24, 2.45) is 0 Å². The summed E-state index contributed by atoms with van der Waals surface area (Å²) in [5.74, 6) is -0.422. The fourth-order valence-corrected chi connectivity index (χ4v) is 1.54. The Hall–Kier alpha value is -1.47. The molecule has 0 aliphatic heterocycles. The lowest BCUT2D eigenvalue weighted by molar-refractivity contribution is -0.384. The molecule has 0 atom stereocenters. The van der Waals surface area contributed by atoms with Crippen LogP contribution < -0.4 is 5.32 Å². The Balaban J connectivity index is 2.78. The zero-order valence-corrected chi connectivity index (χ0v) is 11.6. The summed E-state index contributed by atoms with van der Waals surface area (Å²) in [4.78, 5) is 21.8. The van der Waals surface area contributed by atoms with Crippen molar-refractivity contribution in [3.05, 3.63) is 32.8 Å². The first-order valence-corrected chi connectivity index (χ1v) is 6.05. The van der Waals surface area contributed by atoms with E-state index in [4.69, 9.17) is 4.74 Å². The molecule has 0 fully saturated rings. The van der Waals surface area contributed by atoms with Crippen molar-refractivity contribution in [2.75, 3.05) is 11.9 Å². The second-order valence-corrected chi connectivity index (χ2v) is 4.74. The van der Waals surface area contributed by atoms with Gasteiger partial charge in [0.2, 0.25) is 0 Å². The highest BCUT2D eigenvalue weighted by atomic mass is 79.9. The standard InChI is InChI=1S/C11H13BrN2O4/c1-7(2)18-6-11(15)13-9-4-3-8(12)5-10(9)14(16)17/h3-5,7H,6H2,1-2H3,(H,13,15). The largest absolute Gasteiger partial charge is 0.369 e. The number of amides is 1. The van der Waals surface area contributed by atoms with Crippen LogP contribution in [0, 0.1) is 10.1 Å². The van der Waals surface area contributed by atoms with Gasteiger partial charge in [0.1, 0.15) is 12.3 Å². The number of halogens is 1. The second kappa shape index (κ2) is 6.46. The summed E-state index contributed by atoms with van der Waals surface area (Å²) in [7, 11) is 0. The Bertz CT molecular complexity index is 462. The number of ether oxygens (including phenoxy) is 1. The molecule has 1 N–H and O–H groups in total. The SMILES string of the molecule is CC(C)OCC(=O)Nc1ccc(Br)cc1[N+](=O)[O-]. The van der Waals surface area contributed by atoms with E-state index in [1.807, 2.05) is 0 Å². The zero-order valence-electron chi connectivity index (χ0n) is 9.97. The van der Waals surface area contributed by atoms with E-state index in [2.05, 4.69) is 21.2 Å². The van der Waals surface area contributed by atoms with Crippen molar-refractivity contribution in [3.63, 3.8) is 0 Å². The van der Waals surface area contributed by atoms with Crippen molar-refractivity contribution in [1.82, 2.24) is 0 Å². The van der Waals surface area contributed by atoms with Crippen molar-refractivity contribution < 1.29 is 14.5 Å². The number of benzene rings is 1. The topological polar surface area (TPSA) is 81.5 Å². The predicted octanol–water partition coefficient (Wildman–Crippen LogP) is 2.72. The Morgan fingerprint density at radius 1 is 1.56 bits per heavy atom. The number of anilines is 1. The quantitative estimate of drug-likeness (QED) is 0.669. The van der Waals surface area contributed by atoms with Crippen LogP contribution in [0.25, 0.3) is 0 Å². The fraction of sp³-hybridized carbons (Fsp3) is 0.364. The molecule has 0 radical (unpaired) electrons. The summed E-state index contributed by atoms with van der Waals surface area (Å²) >= 11 is 3.14. The molecule has 1 amide bonds. The Kier molecular flexibility index (Phi) is 5.24. The van der Waals surface area contributed by atoms with Crippen LogP contribution in [0.15, 0.2) is 22.7 Å². The molecule has 0 bridgehead atoms. The minimum Gasteiger partial charge on any atom is -0.369 e. The summed E-state index contributed by atoms with van der Waals surface area (Å²) in [5, 5.41) is 13.3. The molecule has 0 saturated heterocycles. The van der Waals surface area contributed by atoms with E-state index in [1.165, 1.54) is 12.1 Å². The average molecular weight is 317 g/mol. The molecular weight excluding hydrogens is 304 g/mol. The molecule has 0 saturated carbocycles. The molecular formula is C11H13BrN2O4. The van der Waals surface area contributed by atoms with E-state index in [-0.39, 0.29) is 24.1 Å². The van der Waals surface area contributed by atoms with Gasteiger partial charge >= 0.3 is 0 Å². The van der Waals surface area contributed by atoms with Gasteiger partial charge in [-0.15, -0.1) is 0 Å². The minimum absolute atomic E-state index is 0.0735. The summed E-state index contributed by atoms with van der Waals surface area (Å²) in [6.07, 6.45) is -0.0735. The third-order valence-electron chi connectivity index (χ3n) is 1.98. The highest BCUT2D eigenvalue weighted by Gasteiger charge is 2.16. The average Bonchev–Trinajstić information content (AvgIpc) is 2.28. The Morgan fingerprint density at radius 3 is 2.78 bits per heavy atom. The molecule has 0 heterocycles. The van der Waals surface area contributed by atoms with Gasteiger partial charge in [-0.25, -0.2) is 0 Å². The lowest BCUT2D eigenvalue weighted by Gasteiger charge is -2.08. The molecule has 6 nitrogen and oxygen atoms in total. The number of nitrogens with one attached hydrogen (secondary N) is 1. The summed E-state index contributed by atoms with van der Waals surface area (Å²) in [5.41, 5.74) is -0.0113. The molecule has 1 aromatic rings. The van der Waals surface area contributed by atoms with E-state index in [9.17, 15) is 14.9 Å². The van der Waals surface area contributed by atoms with Gasteiger partial charge in [-0.2, -0.15) is 0 Å². The molecule has 98 valence electrons. The fourth-order valence-electron chi connectivity index (χ4n) is 1.19. The maximum atomic E-state index is 11.5. The van der Waals surface area contributed by atoms with Gasteiger partial charge in [-0.1, -0.05) is 15.9 Å². The van der Waals surface area contributed by atoms with E-state index >= 15 is 0 Å². The zero-order chi connectivity index (χ0) is 13.7. The number of hydrogen-bond acceptors (Lipinski definition) is 4. The van der Waals surface area contributed by atoms with Gasteiger partial charge in [0.25, 0.3) is 11.6 Å². The van der Waals surface area contributed by atoms with Crippen molar-refractivity contribution >= 4 is 33.2 Å². The van der Waals surface area contributed by atoms with Crippen LogP contribution in [0.3, 0.4) is 0 Å². The summed E-state index contributed by atoms with van der Waals surface area (Å²) in [6.45, 7) is 3.47. The molecule has 18 heavy (non-hydrogen) atoms. The minimum atomic E-state index is -0.552. The first kappa shape index (κ1) is 14.6. The molecule has 0 unspecified atom stereocenters. The third-order valence-corrected chi connectivity index (χ3v) is 2.47. The second-order valence-electron chi connectivity index (χ2n) is 3.83. The number of nitro groups is 1. The van der Waals surface area contributed by atoms with Gasteiger partial charge in [-0.3, -0.25) is 14.9 Å². The monoisotopic (exact) mass is 316 g/mol. The van der Waals surface area contributed by atoms with Crippen LogP contribution in [0.1, 0.15) is 13.8 Å². The van der Waals surface area contributed by atoms with Gasteiger partial charge in [-0.05, 0) is 26.0 Å². The maximum Gasteiger partial charge on any atom is 0.293 e. The van der Waals surface area contributed by atoms with Crippen LogP contribution in [0.2, 0.25) is 0 Å². The van der Waals surface area contributed by atoms with E-state index in [0.29, 0.717) is 4.47 Å². The van der Waals surface area contributed by atoms with Crippen molar-refractivity contribution in [3.8, 4) is 0 Å². The van der Waals surface area contributed by atoms with E-state index in [1.54, 1.807) is 19.9 Å².